The maximum absolute atomic E-state index is 7.33. The van der Waals surface area contributed by atoms with Crippen molar-refractivity contribution in [3.63, 3.8) is 0 Å². The van der Waals surface area contributed by atoms with Crippen LogP contribution in [0.2, 0.25) is 0 Å². The van der Waals surface area contributed by atoms with Crippen molar-refractivity contribution in [2.75, 3.05) is 0 Å². The summed E-state index contributed by atoms with van der Waals surface area (Å²) in [5.74, 6) is 3.19. The van der Waals surface area contributed by atoms with Gasteiger partial charge in [0.2, 0.25) is 0 Å². The SMILES string of the molecule is Cc1cc2oc3ccc4c5cc(Oc6[c-]c(-c7nc8ccccc8n7-c7c(C(C)C)cc(-c8ccccc8)cc7C(C)C)ccc6)[c-]c(-c6nc7ccccc7n6-c6c(C(C)C)cc(-c7ccccc7)cc6C(C)C)c5oc4c3c2c(C)n1.[Pt+2]. The Morgan fingerprint density at radius 2 is 0.952 bits per heavy atom. The first-order valence-corrected chi connectivity index (χ1v) is 29.0. The fraction of sp³-hybridized carbons (Fsp3) is 0.187. The molecule has 0 bridgehead atoms. The molecule has 14 aromatic rings. The van der Waals surface area contributed by atoms with E-state index in [1.165, 1.54) is 44.5 Å². The zero-order valence-electron chi connectivity index (χ0n) is 48.8. The van der Waals surface area contributed by atoms with Crippen LogP contribution in [0.1, 0.15) is 113 Å². The summed E-state index contributed by atoms with van der Waals surface area (Å²) in [5, 5.41) is 3.56. The van der Waals surface area contributed by atoms with E-state index >= 15 is 0 Å². The first kappa shape index (κ1) is 54.4. The van der Waals surface area contributed by atoms with E-state index in [1.54, 1.807) is 0 Å². The zero-order valence-corrected chi connectivity index (χ0v) is 51.1. The molecule has 8 nitrogen and oxygen atoms in total. The summed E-state index contributed by atoms with van der Waals surface area (Å²) in [6.45, 7) is 22.3. The third-order valence-corrected chi connectivity index (χ3v) is 16.4. The van der Waals surface area contributed by atoms with Crippen LogP contribution in [-0.4, -0.2) is 24.1 Å². The maximum Gasteiger partial charge on any atom is 2.00 e. The smallest absolute Gasteiger partial charge is 0.500 e. The summed E-state index contributed by atoms with van der Waals surface area (Å²) in [7, 11) is 0. The zero-order chi connectivity index (χ0) is 56.9. The monoisotopic (exact) mass is 1280 g/mol. The van der Waals surface area contributed by atoms with Crippen LogP contribution in [0.4, 0.5) is 0 Å². The van der Waals surface area contributed by atoms with Crippen LogP contribution in [0.3, 0.4) is 0 Å². The van der Waals surface area contributed by atoms with Gasteiger partial charge >= 0.3 is 21.1 Å². The van der Waals surface area contributed by atoms with Gasteiger partial charge in [-0.15, -0.1) is 23.8 Å². The molecule has 0 aliphatic heterocycles. The Labute approximate surface area is 504 Å². The minimum atomic E-state index is 0. The standard InChI is InChI=1S/C75H63N5O3.Pt/c1-42(2)56-36-51(48-22-13-11-14-23-48)37-57(43(3)4)70(56)79-64-30-19-17-28-62(64)77-74(79)50-26-21-27-53(35-50)81-54-40-60-55-32-33-66-69(68-47(10)76-46(9)34-67(68)82-66)73(55)83-72(60)61(41-54)75-78-63-29-18-20-31-65(63)80(75)71-58(44(5)6)38-52(39-59(71)45(7)8)49-24-15-12-16-25-49;/h11-34,36-40,42-45H,1-10H3;/q-2;+2. The van der Waals surface area contributed by atoms with Gasteiger partial charge in [-0.3, -0.25) is 15.0 Å². The van der Waals surface area contributed by atoms with E-state index in [9.17, 15) is 0 Å². The molecule has 0 unspecified atom stereocenters. The van der Waals surface area contributed by atoms with Gasteiger partial charge in [0, 0.05) is 45.7 Å². The summed E-state index contributed by atoms with van der Waals surface area (Å²) in [6, 6.07) is 69.4. The Hall–Kier alpha value is -8.84. The number of aromatic nitrogens is 5. The van der Waals surface area contributed by atoms with Crippen LogP contribution in [0.5, 0.6) is 11.5 Å². The number of hydrogen-bond donors (Lipinski definition) is 0. The number of nitrogens with zero attached hydrogens (tertiary/aromatic N) is 5. The van der Waals surface area contributed by atoms with Crippen LogP contribution < -0.4 is 4.74 Å². The summed E-state index contributed by atoms with van der Waals surface area (Å²) in [5.41, 5.74) is 21.7. The summed E-state index contributed by atoms with van der Waals surface area (Å²) < 4.78 is 25.8. The van der Waals surface area contributed by atoms with Crippen LogP contribution in [0.15, 0.2) is 185 Å². The molecular weight excluding hydrogens is 1210 g/mol. The van der Waals surface area contributed by atoms with E-state index < -0.39 is 0 Å². The number of pyridine rings is 1. The van der Waals surface area contributed by atoms with Crippen molar-refractivity contribution in [1.29, 1.82) is 0 Å². The van der Waals surface area contributed by atoms with Gasteiger partial charge in [0.05, 0.1) is 50.1 Å². The van der Waals surface area contributed by atoms with Gasteiger partial charge in [-0.1, -0.05) is 169 Å². The van der Waals surface area contributed by atoms with E-state index in [2.05, 4.69) is 222 Å². The van der Waals surface area contributed by atoms with Crippen molar-refractivity contribution in [3.8, 4) is 67.9 Å². The first-order chi connectivity index (χ1) is 40.3. The minimum absolute atomic E-state index is 0. The van der Waals surface area contributed by atoms with E-state index in [-0.39, 0.29) is 44.7 Å². The van der Waals surface area contributed by atoms with Crippen molar-refractivity contribution in [2.24, 2.45) is 0 Å². The number of aryl methyl sites for hydroxylation is 2. The van der Waals surface area contributed by atoms with Gasteiger partial charge in [-0.25, -0.2) is 0 Å². The number of benzene rings is 9. The molecule has 0 spiro atoms. The molecular formula is C75H63N5O3Pt. The number of imidazole rings is 2. The van der Waals surface area contributed by atoms with E-state index in [0.29, 0.717) is 34.1 Å². The molecule has 0 saturated carbocycles. The largest absolute Gasteiger partial charge is 2.00 e. The van der Waals surface area contributed by atoms with Crippen molar-refractivity contribution >= 4 is 65.9 Å². The Morgan fingerprint density at radius 1 is 0.429 bits per heavy atom. The first-order valence-electron chi connectivity index (χ1n) is 29.0. The average molecular weight is 1280 g/mol. The predicted molar refractivity (Wildman–Crippen MR) is 340 cm³/mol. The van der Waals surface area contributed by atoms with Gasteiger partial charge in [0.15, 0.2) is 0 Å². The fourth-order valence-corrected chi connectivity index (χ4v) is 12.5. The second-order valence-corrected chi connectivity index (χ2v) is 23.4. The molecule has 9 heteroatoms. The third-order valence-electron chi connectivity index (χ3n) is 16.4. The number of ether oxygens (including phenoxy) is 1. The Kier molecular flexibility index (Phi) is 13.9. The fourth-order valence-electron chi connectivity index (χ4n) is 12.5. The molecule has 0 saturated heterocycles. The molecule has 0 amide bonds. The van der Waals surface area contributed by atoms with E-state index in [0.717, 1.165) is 88.9 Å². The molecule has 0 radical (unpaired) electrons. The Morgan fingerprint density at radius 3 is 1.51 bits per heavy atom. The predicted octanol–water partition coefficient (Wildman–Crippen LogP) is 20.7. The van der Waals surface area contributed by atoms with Crippen LogP contribution in [0, 0.1) is 26.0 Å². The quantitative estimate of drug-likeness (QED) is 0.113. The second kappa shape index (κ2) is 21.4. The molecule has 9 aromatic carbocycles. The Bertz CT molecular complexity index is 4810. The van der Waals surface area contributed by atoms with Crippen molar-refractivity contribution in [2.45, 2.75) is 92.9 Å². The van der Waals surface area contributed by atoms with Crippen LogP contribution in [-0.2, 0) is 21.1 Å². The normalized spacial score (nSPS) is 12.0. The molecule has 5 aromatic heterocycles. The topological polar surface area (TPSA) is 84.0 Å². The Balaban J connectivity index is 0.00000658. The minimum Gasteiger partial charge on any atom is -0.500 e. The van der Waals surface area contributed by atoms with Crippen molar-refractivity contribution < 1.29 is 34.6 Å². The summed E-state index contributed by atoms with van der Waals surface area (Å²) in [4.78, 5) is 15.9. The summed E-state index contributed by atoms with van der Waals surface area (Å²) in [6.07, 6.45) is 0. The number of furan rings is 2. The summed E-state index contributed by atoms with van der Waals surface area (Å²) >= 11 is 0. The van der Waals surface area contributed by atoms with Gasteiger partial charge in [0.25, 0.3) is 0 Å². The van der Waals surface area contributed by atoms with E-state index in [4.69, 9.17) is 28.5 Å². The van der Waals surface area contributed by atoms with Crippen molar-refractivity contribution in [3.05, 3.63) is 222 Å². The molecule has 0 aliphatic rings. The number of fused-ring (bicyclic) bond motifs is 9. The number of hydrogen-bond acceptors (Lipinski definition) is 6. The molecule has 14 rings (SSSR count). The average Bonchev–Trinajstić information content (AvgIpc) is 1.75. The van der Waals surface area contributed by atoms with Gasteiger partial charge in [0.1, 0.15) is 16.7 Å². The van der Waals surface area contributed by atoms with Crippen LogP contribution in [0.25, 0.3) is 122 Å². The van der Waals surface area contributed by atoms with Crippen LogP contribution >= 0.6 is 0 Å². The van der Waals surface area contributed by atoms with E-state index in [1.807, 2.05) is 44.2 Å². The number of rotatable bonds is 12. The van der Waals surface area contributed by atoms with Crippen molar-refractivity contribution in [1.82, 2.24) is 24.1 Å². The maximum atomic E-state index is 7.33. The number of para-hydroxylation sites is 4. The van der Waals surface area contributed by atoms with Gasteiger partial charge < -0.3 is 22.7 Å². The molecule has 0 aliphatic carbocycles. The molecule has 416 valence electrons. The third kappa shape index (κ3) is 9.14. The molecule has 84 heavy (non-hydrogen) atoms. The molecule has 0 N–H and O–H groups in total. The van der Waals surface area contributed by atoms with Gasteiger partial charge in [-0.05, 0) is 143 Å². The second-order valence-electron chi connectivity index (χ2n) is 23.4. The molecule has 5 heterocycles. The molecule has 0 fully saturated rings. The van der Waals surface area contributed by atoms with Gasteiger partial charge in [-0.2, -0.15) is 0 Å². The molecule has 0 atom stereocenters.